The van der Waals surface area contributed by atoms with Crippen LogP contribution in [0.5, 0.6) is 5.75 Å². The molecule has 0 amide bonds. The van der Waals surface area contributed by atoms with Crippen LogP contribution < -0.4 is 4.74 Å². The summed E-state index contributed by atoms with van der Waals surface area (Å²) in [6.45, 7) is 7.90. The number of benzene rings is 1. The minimum Gasteiger partial charge on any atom is -0.488 e. The molecule has 0 spiro atoms. The molecule has 1 aromatic carbocycles. The van der Waals surface area contributed by atoms with Crippen molar-refractivity contribution >= 4 is 15.9 Å². The van der Waals surface area contributed by atoms with Gasteiger partial charge in [-0.1, -0.05) is 40.5 Å². The van der Waals surface area contributed by atoms with Gasteiger partial charge in [-0.3, -0.25) is 4.90 Å². The number of aryl methyl sites for hydroxylation is 1. The van der Waals surface area contributed by atoms with Crippen molar-refractivity contribution in [2.24, 2.45) is 5.92 Å². The fraction of sp³-hybridized carbons (Fsp3) is 0.625. The van der Waals surface area contributed by atoms with E-state index in [9.17, 15) is 0 Å². The number of piperidine rings is 1. The van der Waals surface area contributed by atoms with Gasteiger partial charge in [0.2, 0.25) is 0 Å². The van der Waals surface area contributed by atoms with Crippen molar-refractivity contribution < 1.29 is 4.74 Å². The standard InChI is InChI=1S/C16H22BrNO/c1-11-3-4-16-13(7-11)8-14(19-16)9-18-6-5-12(2)15(17)10-18/h3-4,7,12,14-15H,5-6,8-10H2,1-2H3. The molecule has 2 aliphatic heterocycles. The second kappa shape index (κ2) is 5.45. The Labute approximate surface area is 124 Å². The van der Waals surface area contributed by atoms with E-state index in [0.29, 0.717) is 10.9 Å². The maximum Gasteiger partial charge on any atom is 0.123 e. The summed E-state index contributed by atoms with van der Waals surface area (Å²) in [5.74, 6) is 1.89. The maximum absolute atomic E-state index is 6.07. The van der Waals surface area contributed by atoms with Crippen LogP contribution in [0.1, 0.15) is 24.5 Å². The first kappa shape index (κ1) is 13.4. The molecule has 0 radical (unpaired) electrons. The number of rotatable bonds is 2. The Bertz CT molecular complexity index is 462. The number of alkyl halides is 1. The molecule has 2 nitrogen and oxygen atoms in total. The Kier molecular flexibility index (Phi) is 3.86. The van der Waals surface area contributed by atoms with Crippen LogP contribution in [-0.4, -0.2) is 35.5 Å². The fourth-order valence-corrected chi connectivity index (χ4v) is 3.76. The summed E-state index contributed by atoms with van der Waals surface area (Å²) >= 11 is 3.80. The Morgan fingerprint density at radius 3 is 3.05 bits per heavy atom. The topological polar surface area (TPSA) is 12.5 Å². The van der Waals surface area contributed by atoms with Gasteiger partial charge in [0.25, 0.3) is 0 Å². The second-order valence-electron chi connectivity index (χ2n) is 6.10. The van der Waals surface area contributed by atoms with Crippen molar-refractivity contribution in [1.29, 1.82) is 0 Å². The van der Waals surface area contributed by atoms with Crippen molar-refractivity contribution in [1.82, 2.24) is 4.90 Å². The van der Waals surface area contributed by atoms with Gasteiger partial charge in [-0.2, -0.15) is 0 Å². The SMILES string of the molecule is Cc1ccc2c(c1)CC(CN1CCC(C)C(Br)C1)O2. The molecule has 0 aromatic heterocycles. The third kappa shape index (κ3) is 2.97. The van der Waals surface area contributed by atoms with Gasteiger partial charge in [-0.25, -0.2) is 0 Å². The Hall–Kier alpha value is -0.540. The largest absolute Gasteiger partial charge is 0.488 e. The number of halogens is 1. The molecule has 19 heavy (non-hydrogen) atoms. The summed E-state index contributed by atoms with van der Waals surface area (Å²) in [4.78, 5) is 3.18. The van der Waals surface area contributed by atoms with Gasteiger partial charge >= 0.3 is 0 Å². The summed E-state index contributed by atoms with van der Waals surface area (Å²) in [6, 6.07) is 6.52. The molecule has 1 saturated heterocycles. The molecular weight excluding hydrogens is 302 g/mol. The normalized spacial score (nSPS) is 31.0. The Morgan fingerprint density at radius 1 is 1.42 bits per heavy atom. The van der Waals surface area contributed by atoms with Crippen molar-refractivity contribution in [3.63, 3.8) is 0 Å². The highest BCUT2D eigenvalue weighted by atomic mass is 79.9. The molecule has 3 atom stereocenters. The van der Waals surface area contributed by atoms with E-state index in [1.54, 1.807) is 0 Å². The quantitative estimate of drug-likeness (QED) is 0.773. The monoisotopic (exact) mass is 323 g/mol. The molecule has 3 heteroatoms. The van der Waals surface area contributed by atoms with Crippen LogP contribution in [0.15, 0.2) is 18.2 Å². The summed E-state index contributed by atoms with van der Waals surface area (Å²) in [5, 5.41) is 0. The number of likely N-dealkylation sites (tertiary alicyclic amines) is 1. The number of fused-ring (bicyclic) bond motifs is 1. The Balaban J connectivity index is 1.59. The molecule has 3 unspecified atom stereocenters. The number of ether oxygens (including phenoxy) is 1. The number of hydrogen-bond acceptors (Lipinski definition) is 2. The third-order valence-electron chi connectivity index (χ3n) is 4.37. The molecule has 2 heterocycles. The molecule has 0 N–H and O–H groups in total. The van der Waals surface area contributed by atoms with E-state index in [0.717, 1.165) is 31.2 Å². The molecule has 0 aliphatic carbocycles. The van der Waals surface area contributed by atoms with E-state index >= 15 is 0 Å². The highest BCUT2D eigenvalue weighted by Gasteiger charge is 2.29. The highest BCUT2D eigenvalue weighted by molar-refractivity contribution is 9.09. The lowest BCUT2D eigenvalue weighted by molar-refractivity contribution is 0.124. The van der Waals surface area contributed by atoms with E-state index in [2.05, 4.69) is 52.9 Å². The molecule has 1 fully saturated rings. The third-order valence-corrected chi connectivity index (χ3v) is 5.56. The molecule has 2 aliphatic rings. The van der Waals surface area contributed by atoms with Crippen molar-refractivity contribution in [3.05, 3.63) is 29.3 Å². The summed E-state index contributed by atoms with van der Waals surface area (Å²) in [5.41, 5.74) is 2.71. The molecule has 3 rings (SSSR count). The molecule has 1 aromatic rings. The van der Waals surface area contributed by atoms with Crippen LogP contribution in [0, 0.1) is 12.8 Å². The van der Waals surface area contributed by atoms with Crippen LogP contribution in [0.4, 0.5) is 0 Å². The average Bonchev–Trinajstić information content (AvgIpc) is 2.75. The number of nitrogens with zero attached hydrogens (tertiary/aromatic N) is 1. The van der Waals surface area contributed by atoms with Crippen LogP contribution >= 0.6 is 15.9 Å². The van der Waals surface area contributed by atoms with Crippen LogP contribution in [0.3, 0.4) is 0 Å². The first-order valence-corrected chi connectivity index (χ1v) is 8.16. The van der Waals surface area contributed by atoms with E-state index in [4.69, 9.17) is 4.74 Å². The zero-order chi connectivity index (χ0) is 13.4. The predicted octanol–water partition coefficient (Wildman–Crippen LogP) is 3.40. The van der Waals surface area contributed by atoms with Crippen LogP contribution in [0.25, 0.3) is 0 Å². The fourth-order valence-electron chi connectivity index (χ4n) is 3.09. The average molecular weight is 324 g/mol. The van der Waals surface area contributed by atoms with E-state index in [1.165, 1.54) is 24.1 Å². The maximum atomic E-state index is 6.07. The van der Waals surface area contributed by atoms with Gasteiger partial charge in [-0.15, -0.1) is 0 Å². The van der Waals surface area contributed by atoms with Crippen molar-refractivity contribution in [2.75, 3.05) is 19.6 Å². The van der Waals surface area contributed by atoms with Crippen LogP contribution in [0.2, 0.25) is 0 Å². The van der Waals surface area contributed by atoms with Gasteiger partial charge in [0.1, 0.15) is 11.9 Å². The smallest absolute Gasteiger partial charge is 0.123 e. The van der Waals surface area contributed by atoms with Crippen LogP contribution in [-0.2, 0) is 6.42 Å². The lowest BCUT2D eigenvalue weighted by Gasteiger charge is -2.35. The lowest BCUT2D eigenvalue weighted by atomic mass is 9.98. The van der Waals surface area contributed by atoms with E-state index in [1.807, 2.05) is 0 Å². The number of hydrogen-bond donors (Lipinski definition) is 0. The van der Waals surface area contributed by atoms with E-state index < -0.39 is 0 Å². The molecule has 0 saturated carbocycles. The highest BCUT2D eigenvalue weighted by Crippen LogP contribution is 2.31. The molecule has 104 valence electrons. The van der Waals surface area contributed by atoms with Gasteiger partial charge in [0.15, 0.2) is 0 Å². The van der Waals surface area contributed by atoms with Crippen molar-refractivity contribution in [3.8, 4) is 5.75 Å². The Morgan fingerprint density at radius 2 is 2.26 bits per heavy atom. The summed E-state index contributed by atoms with van der Waals surface area (Å²) in [6.07, 6.45) is 2.69. The first-order valence-electron chi connectivity index (χ1n) is 7.24. The lowest BCUT2D eigenvalue weighted by Crippen LogP contribution is -2.44. The zero-order valence-electron chi connectivity index (χ0n) is 11.7. The van der Waals surface area contributed by atoms with E-state index in [-0.39, 0.29) is 0 Å². The van der Waals surface area contributed by atoms with Gasteiger partial charge in [0.05, 0.1) is 0 Å². The summed E-state index contributed by atoms with van der Waals surface area (Å²) < 4.78 is 6.07. The molecular formula is C16H22BrNO. The predicted molar refractivity (Wildman–Crippen MR) is 82.2 cm³/mol. The minimum absolute atomic E-state index is 0.338. The van der Waals surface area contributed by atoms with Gasteiger partial charge in [0, 0.05) is 24.3 Å². The van der Waals surface area contributed by atoms with Crippen molar-refractivity contribution in [2.45, 2.75) is 37.6 Å². The minimum atomic E-state index is 0.338. The van der Waals surface area contributed by atoms with Gasteiger partial charge in [-0.05, 0) is 37.4 Å². The summed E-state index contributed by atoms with van der Waals surface area (Å²) in [7, 11) is 0. The van der Waals surface area contributed by atoms with Gasteiger partial charge < -0.3 is 4.74 Å². The second-order valence-corrected chi connectivity index (χ2v) is 7.27. The first-order chi connectivity index (χ1) is 9.11. The molecule has 0 bridgehead atoms. The zero-order valence-corrected chi connectivity index (χ0v) is 13.3.